The summed E-state index contributed by atoms with van der Waals surface area (Å²) in [5.74, 6) is -2.75. The minimum Gasteiger partial charge on any atom is -0.466 e. The van der Waals surface area contributed by atoms with Crippen LogP contribution in [-0.2, 0) is 19.0 Å². The maximum atomic E-state index is 13.7. The van der Waals surface area contributed by atoms with Gasteiger partial charge in [0.2, 0.25) is 0 Å². The van der Waals surface area contributed by atoms with Crippen LogP contribution in [-0.4, -0.2) is 37.9 Å². The molecule has 128 valence electrons. The van der Waals surface area contributed by atoms with Crippen LogP contribution in [0, 0.1) is 5.92 Å². The van der Waals surface area contributed by atoms with Crippen LogP contribution in [0.15, 0.2) is 24.3 Å². The van der Waals surface area contributed by atoms with Crippen molar-refractivity contribution in [2.75, 3.05) is 25.3 Å². The Bertz CT molecular complexity index is 552. The van der Waals surface area contributed by atoms with Crippen LogP contribution >= 0.6 is 11.6 Å². The molecule has 1 aliphatic heterocycles. The molecule has 0 aliphatic carbocycles. The van der Waals surface area contributed by atoms with Crippen molar-refractivity contribution in [3.05, 3.63) is 29.3 Å². The van der Waals surface area contributed by atoms with Crippen molar-refractivity contribution in [1.29, 1.82) is 0 Å². The molecule has 1 aromatic rings. The van der Waals surface area contributed by atoms with E-state index >= 15 is 0 Å². The van der Waals surface area contributed by atoms with Gasteiger partial charge in [-0.1, -0.05) is 11.6 Å². The van der Waals surface area contributed by atoms with Gasteiger partial charge in [0, 0.05) is 10.7 Å². The van der Waals surface area contributed by atoms with Gasteiger partial charge in [0.15, 0.2) is 0 Å². The fraction of sp³-hybridized carbons (Fsp3) is 0.500. The zero-order chi connectivity index (χ0) is 17.1. The Hall–Kier alpha value is -1.51. The topological polar surface area (TPSA) is 56.8 Å². The Balaban J connectivity index is 2.39. The molecule has 0 radical (unpaired) electrons. The first kappa shape index (κ1) is 17.8. The third-order valence-electron chi connectivity index (χ3n) is 3.31. The Morgan fingerprint density at radius 3 is 2.65 bits per heavy atom. The highest BCUT2D eigenvalue weighted by atomic mass is 35.5. The molecule has 1 aromatic carbocycles. The van der Waals surface area contributed by atoms with Gasteiger partial charge in [-0.25, -0.2) is 0 Å². The summed E-state index contributed by atoms with van der Waals surface area (Å²) in [6.07, 6.45) is -4.88. The molecule has 1 heterocycles. The first-order valence-corrected chi connectivity index (χ1v) is 7.17. The quantitative estimate of drug-likeness (QED) is 0.842. The monoisotopic (exact) mass is 353 g/mol. The number of hydrogen-bond donors (Lipinski definition) is 1. The highest BCUT2D eigenvalue weighted by Crippen LogP contribution is 2.43. The molecule has 0 spiro atoms. The van der Waals surface area contributed by atoms with Crippen molar-refractivity contribution in [2.24, 2.45) is 5.92 Å². The molecular formula is C14H15ClF3NO4. The average Bonchev–Trinajstić information content (AvgIpc) is 2.49. The van der Waals surface area contributed by atoms with E-state index in [2.05, 4.69) is 5.32 Å². The molecular weight excluding hydrogens is 339 g/mol. The first-order chi connectivity index (χ1) is 10.8. The predicted molar refractivity (Wildman–Crippen MR) is 75.9 cm³/mol. The van der Waals surface area contributed by atoms with E-state index in [0.717, 1.165) is 0 Å². The fourth-order valence-electron chi connectivity index (χ4n) is 2.22. The molecule has 0 aromatic heterocycles. The van der Waals surface area contributed by atoms with Crippen LogP contribution in [0.25, 0.3) is 0 Å². The van der Waals surface area contributed by atoms with Crippen molar-refractivity contribution >= 4 is 23.3 Å². The standard InChI is InChI=1S/C14H15ClF3NO4/c1-2-22-12(20)11-7-21-8-23-13(11,14(16,17)18)19-10-5-3-9(15)4-6-10/h3-6,11,19H,2,7-8H2,1H3/t11-,13+/m1/s1. The van der Waals surface area contributed by atoms with E-state index in [1.54, 1.807) is 0 Å². The van der Waals surface area contributed by atoms with Gasteiger partial charge in [-0.3, -0.25) is 4.79 Å². The minimum atomic E-state index is -4.88. The first-order valence-electron chi connectivity index (χ1n) is 6.79. The number of halogens is 4. The maximum Gasteiger partial charge on any atom is 0.437 e. The van der Waals surface area contributed by atoms with Gasteiger partial charge in [0.25, 0.3) is 5.72 Å². The molecule has 23 heavy (non-hydrogen) atoms. The van der Waals surface area contributed by atoms with E-state index in [-0.39, 0.29) is 12.3 Å². The number of carbonyl (C=O) groups is 1. The number of nitrogens with one attached hydrogen (secondary N) is 1. The summed E-state index contributed by atoms with van der Waals surface area (Å²) in [6.45, 7) is 0.378. The SMILES string of the molecule is CCOC(=O)[C@H]1COCO[C@]1(Nc1ccc(Cl)cc1)C(F)(F)F. The normalized spacial score (nSPS) is 25.0. The van der Waals surface area contributed by atoms with Gasteiger partial charge in [-0.15, -0.1) is 0 Å². The lowest BCUT2D eigenvalue weighted by molar-refractivity contribution is -0.331. The van der Waals surface area contributed by atoms with E-state index in [1.807, 2.05) is 0 Å². The van der Waals surface area contributed by atoms with Crippen molar-refractivity contribution in [3.8, 4) is 0 Å². The highest BCUT2D eigenvalue weighted by molar-refractivity contribution is 6.30. The van der Waals surface area contributed by atoms with Gasteiger partial charge in [0.1, 0.15) is 12.7 Å². The third kappa shape index (κ3) is 3.70. The summed E-state index contributed by atoms with van der Waals surface area (Å²) in [4.78, 5) is 12.0. The van der Waals surface area contributed by atoms with Crippen molar-refractivity contribution in [2.45, 2.75) is 18.8 Å². The molecule has 1 aliphatic rings. The van der Waals surface area contributed by atoms with Crippen LogP contribution in [0.2, 0.25) is 5.02 Å². The summed E-state index contributed by atoms with van der Waals surface area (Å²) >= 11 is 5.72. The number of hydrogen-bond acceptors (Lipinski definition) is 5. The van der Waals surface area contributed by atoms with Gasteiger partial charge in [-0.05, 0) is 31.2 Å². The second-order valence-electron chi connectivity index (χ2n) is 4.80. The van der Waals surface area contributed by atoms with Crippen LogP contribution in [0.1, 0.15) is 6.92 Å². The van der Waals surface area contributed by atoms with E-state index in [0.29, 0.717) is 5.02 Å². The smallest absolute Gasteiger partial charge is 0.437 e. The average molecular weight is 354 g/mol. The molecule has 2 atom stereocenters. The zero-order valence-corrected chi connectivity index (χ0v) is 12.9. The zero-order valence-electron chi connectivity index (χ0n) is 12.2. The lowest BCUT2D eigenvalue weighted by atomic mass is 9.93. The maximum absolute atomic E-state index is 13.7. The molecule has 1 fully saturated rings. The molecule has 2 rings (SSSR count). The number of rotatable bonds is 4. The number of benzene rings is 1. The van der Waals surface area contributed by atoms with Gasteiger partial charge >= 0.3 is 12.1 Å². The molecule has 5 nitrogen and oxygen atoms in total. The molecule has 1 saturated heterocycles. The third-order valence-corrected chi connectivity index (χ3v) is 3.56. The number of alkyl halides is 3. The predicted octanol–water partition coefficient (Wildman–Crippen LogP) is 3.19. The van der Waals surface area contributed by atoms with Crippen molar-refractivity contribution < 1.29 is 32.2 Å². The van der Waals surface area contributed by atoms with Crippen LogP contribution in [0.4, 0.5) is 18.9 Å². The number of carbonyl (C=O) groups excluding carboxylic acids is 1. The summed E-state index contributed by atoms with van der Waals surface area (Å²) in [5, 5.41) is 2.63. The van der Waals surface area contributed by atoms with E-state index < -0.39 is 37.2 Å². The van der Waals surface area contributed by atoms with Crippen LogP contribution in [0.5, 0.6) is 0 Å². The van der Waals surface area contributed by atoms with Crippen LogP contribution < -0.4 is 5.32 Å². The number of esters is 1. The summed E-state index contributed by atoms with van der Waals surface area (Å²) in [7, 11) is 0. The fourth-order valence-corrected chi connectivity index (χ4v) is 2.34. The van der Waals surface area contributed by atoms with Crippen molar-refractivity contribution in [1.82, 2.24) is 0 Å². The summed E-state index contributed by atoms with van der Waals surface area (Å²) in [5.41, 5.74) is -2.84. The molecule has 0 bridgehead atoms. The second-order valence-corrected chi connectivity index (χ2v) is 5.24. The van der Waals surface area contributed by atoms with E-state index in [1.165, 1.54) is 31.2 Å². The van der Waals surface area contributed by atoms with E-state index in [9.17, 15) is 18.0 Å². The molecule has 0 amide bonds. The Labute approximate surface area is 135 Å². The second kappa shape index (κ2) is 6.94. The van der Waals surface area contributed by atoms with Crippen molar-refractivity contribution in [3.63, 3.8) is 0 Å². The highest BCUT2D eigenvalue weighted by Gasteiger charge is 2.65. The minimum absolute atomic E-state index is 0.0514. The summed E-state index contributed by atoms with van der Waals surface area (Å²) < 4.78 is 55.7. The molecule has 0 saturated carbocycles. The molecule has 0 unspecified atom stereocenters. The Kier molecular flexibility index (Phi) is 5.38. The van der Waals surface area contributed by atoms with Gasteiger partial charge < -0.3 is 19.5 Å². The molecule has 1 N–H and O–H groups in total. The molecule has 9 heteroatoms. The van der Waals surface area contributed by atoms with Gasteiger partial charge in [-0.2, -0.15) is 13.2 Å². The lowest BCUT2D eigenvalue weighted by Gasteiger charge is -2.43. The van der Waals surface area contributed by atoms with Gasteiger partial charge in [0.05, 0.1) is 13.2 Å². The Morgan fingerprint density at radius 2 is 2.09 bits per heavy atom. The Morgan fingerprint density at radius 1 is 1.43 bits per heavy atom. The number of ether oxygens (including phenoxy) is 3. The number of anilines is 1. The van der Waals surface area contributed by atoms with Crippen LogP contribution in [0.3, 0.4) is 0 Å². The van der Waals surface area contributed by atoms with E-state index in [4.69, 9.17) is 25.8 Å². The summed E-state index contributed by atoms with van der Waals surface area (Å²) in [6, 6.07) is 5.56. The largest absolute Gasteiger partial charge is 0.466 e. The lowest BCUT2D eigenvalue weighted by Crippen LogP contribution is -2.65.